The van der Waals surface area contributed by atoms with Gasteiger partial charge < -0.3 is 0 Å². The fourth-order valence-electron chi connectivity index (χ4n) is 2.21. The van der Waals surface area contributed by atoms with Crippen LogP contribution in [0.15, 0.2) is 62.8 Å². The molecule has 0 saturated heterocycles. The zero-order valence-electron chi connectivity index (χ0n) is 9.99. The van der Waals surface area contributed by atoms with Gasteiger partial charge >= 0.3 is 0 Å². The Morgan fingerprint density at radius 3 is 2.58 bits per heavy atom. The summed E-state index contributed by atoms with van der Waals surface area (Å²) in [7, 11) is -2.65. The first kappa shape index (κ1) is 13.5. The van der Waals surface area contributed by atoms with E-state index in [-0.39, 0.29) is 5.25 Å². The molecular weight excluding hydrogens is 344 g/mol. The topological polar surface area (TPSA) is 40.5 Å². The third kappa shape index (κ3) is 2.71. The van der Waals surface area contributed by atoms with E-state index in [0.29, 0.717) is 10.6 Å². The third-order valence-corrected chi connectivity index (χ3v) is 6.89. The average Bonchev–Trinajstić information content (AvgIpc) is 2.62. The molecule has 2 aromatic rings. The summed E-state index contributed by atoms with van der Waals surface area (Å²) in [6, 6.07) is 15.9. The molecule has 1 atom stereocenters. The zero-order chi connectivity index (χ0) is 13.5. The van der Waals surface area contributed by atoms with Crippen LogP contribution in [0.2, 0.25) is 0 Å². The average molecular weight is 357 g/mol. The zero-order valence-corrected chi connectivity index (χ0v) is 13.2. The first-order valence-corrected chi connectivity index (χ1v) is 9.22. The number of hydrogen-bond donors (Lipinski definition) is 2. The fraction of sp³-hybridized carbons (Fsp3) is 0.143. The summed E-state index contributed by atoms with van der Waals surface area (Å²) in [5.41, 5.74) is 1.04. The Bertz CT molecular complexity index is 602. The van der Waals surface area contributed by atoms with Crippen molar-refractivity contribution in [3.63, 3.8) is 0 Å². The van der Waals surface area contributed by atoms with Crippen LogP contribution in [0.3, 0.4) is 0 Å². The lowest BCUT2D eigenvalue weighted by molar-refractivity contribution is 0.492. The van der Waals surface area contributed by atoms with E-state index in [2.05, 4.69) is 15.9 Å². The molecule has 5 heteroatoms. The largest absolute Gasteiger partial charge is 0.295 e. The maximum Gasteiger partial charge on any atom is 0.0639 e. The third-order valence-electron chi connectivity index (χ3n) is 3.08. The molecule has 0 fully saturated rings. The Hall–Kier alpha value is -0.460. The molecule has 2 N–H and O–H groups in total. The highest BCUT2D eigenvalue weighted by atomic mass is 79.9. The summed E-state index contributed by atoms with van der Waals surface area (Å²) in [6.45, 7) is 0. The molecule has 0 amide bonds. The predicted octanol–water partition coefficient (Wildman–Crippen LogP) is 5.41. The minimum absolute atomic E-state index is 0.107. The van der Waals surface area contributed by atoms with E-state index >= 15 is 0 Å². The quantitative estimate of drug-likeness (QED) is 0.755. The molecule has 0 aromatic heterocycles. The number of hydrogen-bond acceptors (Lipinski definition) is 3. The molecule has 0 radical (unpaired) electrons. The van der Waals surface area contributed by atoms with Gasteiger partial charge in [0.05, 0.1) is 15.9 Å². The van der Waals surface area contributed by atoms with E-state index in [1.807, 2.05) is 48.5 Å². The van der Waals surface area contributed by atoms with E-state index < -0.39 is 10.6 Å². The second-order valence-corrected chi connectivity index (χ2v) is 8.73. The van der Waals surface area contributed by atoms with Gasteiger partial charge in [0, 0.05) is 9.37 Å². The molecule has 0 saturated carbocycles. The molecule has 1 heterocycles. The van der Waals surface area contributed by atoms with Gasteiger partial charge in [-0.15, -0.1) is 11.8 Å². The highest BCUT2D eigenvalue weighted by Crippen LogP contribution is 2.63. The van der Waals surface area contributed by atoms with E-state index in [0.717, 1.165) is 14.9 Å². The Morgan fingerprint density at radius 1 is 1.11 bits per heavy atom. The van der Waals surface area contributed by atoms with Crippen molar-refractivity contribution in [2.75, 3.05) is 5.75 Å². The van der Waals surface area contributed by atoms with E-state index in [9.17, 15) is 9.11 Å². The van der Waals surface area contributed by atoms with Gasteiger partial charge in [0.15, 0.2) is 0 Å². The second-order valence-electron chi connectivity index (χ2n) is 4.44. The number of rotatable bonds is 2. The summed E-state index contributed by atoms with van der Waals surface area (Å²) in [4.78, 5) is 1.84. The molecule has 100 valence electrons. The summed E-state index contributed by atoms with van der Waals surface area (Å²) < 4.78 is 21.3. The molecule has 1 aliphatic rings. The number of thioether (sulfide) groups is 1. The van der Waals surface area contributed by atoms with Crippen molar-refractivity contribution in [1.82, 2.24) is 0 Å². The van der Waals surface area contributed by atoms with Crippen LogP contribution in [0, 0.1) is 0 Å². The van der Waals surface area contributed by atoms with Crippen molar-refractivity contribution < 1.29 is 9.11 Å². The van der Waals surface area contributed by atoms with Crippen molar-refractivity contribution in [3.05, 3.63) is 58.6 Å². The second kappa shape index (κ2) is 5.14. The first-order valence-electron chi connectivity index (χ1n) is 5.83. The standard InChI is InChI=1S/C14H13BrO2S2/c15-10-6-7-12-13(9-19(16,17)14(12)8-10)18-11-4-2-1-3-5-11/h1-8,13,16-17H,9H2. The van der Waals surface area contributed by atoms with Gasteiger partial charge in [-0.2, -0.15) is 10.6 Å². The molecule has 2 aromatic carbocycles. The van der Waals surface area contributed by atoms with Crippen molar-refractivity contribution in [2.45, 2.75) is 15.0 Å². The Balaban J connectivity index is 1.95. The van der Waals surface area contributed by atoms with Crippen molar-refractivity contribution >= 4 is 38.3 Å². The van der Waals surface area contributed by atoms with Gasteiger partial charge in [-0.25, -0.2) is 0 Å². The van der Waals surface area contributed by atoms with Crippen molar-refractivity contribution in [2.24, 2.45) is 0 Å². The molecule has 0 aliphatic carbocycles. The highest BCUT2D eigenvalue weighted by molar-refractivity contribution is 9.10. The van der Waals surface area contributed by atoms with Gasteiger partial charge in [-0.3, -0.25) is 9.11 Å². The van der Waals surface area contributed by atoms with E-state index in [4.69, 9.17) is 0 Å². The van der Waals surface area contributed by atoms with Crippen LogP contribution in [0.25, 0.3) is 0 Å². The maximum absolute atomic E-state index is 10.2. The molecule has 0 spiro atoms. The Kier molecular flexibility index (Phi) is 3.66. The minimum Gasteiger partial charge on any atom is -0.295 e. The highest BCUT2D eigenvalue weighted by Gasteiger charge is 2.35. The van der Waals surface area contributed by atoms with Crippen molar-refractivity contribution in [3.8, 4) is 0 Å². The monoisotopic (exact) mass is 356 g/mol. The maximum atomic E-state index is 10.2. The summed E-state index contributed by atoms with van der Waals surface area (Å²) in [5, 5.41) is 0.107. The minimum atomic E-state index is -2.65. The summed E-state index contributed by atoms with van der Waals surface area (Å²) in [5.74, 6) is 0.401. The Morgan fingerprint density at radius 2 is 1.84 bits per heavy atom. The van der Waals surface area contributed by atoms with Crippen molar-refractivity contribution in [1.29, 1.82) is 0 Å². The predicted molar refractivity (Wildman–Crippen MR) is 85.2 cm³/mol. The fourth-order valence-corrected chi connectivity index (χ4v) is 6.30. The van der Waals surface area contributed by atoms with Crippen LogP contribution in [-0.2, 0) is 0 Å². The van der Waals surface area contributed by atoms with E-state index in [1.54, 1.807) is 11.8 Å². The Labute approximate surface area is 126 Å². The number of fused-ring (bicyclic) bond motifs is 1. The summed E-state index contributed by atoms with van der Waals surface area (Å²) in [6.07, 6.45) is 0. The normalized spacial score (nSPS) is 21.9. The molecule has 19 heavy (non-hydrogen) atoms. The number of benzene rings is 2. The molecule has 1 aliphatic heterocycles. The summed E-state index contributed by atoms with van der Waals surface area (Å²) >= 11 is 5.08. The van der Waals surface area contributed by atoms with Crippen LogP contribution in [0.4, 0.5) is 0 Å². The lowest BCUT2D eigenvalue weighted by Gasteiger charge is -2.27. The van der Waals surface area contributed by atoms with Gasteiger partial charge in [-0.05, 0) is 29.8 Å². The lowest BCUT2D eigenvalue weighted by Crippen LogP contribution is -1.98. The van der Waals surface area contributed by atoms with E-state index in [1.165, 1.54) is 0 Å². The molecular formula is C14H13BrO2S2. The molecule has 3 rings (SSSR count). The van der Waals surface area contributed by atoms with Crippen LogP contribution < -0.4 is 0 Å². The van der Waals surface area contributed by atoms with Crippen LogP contribution in [0.5, 0.6) is 0 Å². The smallest absolute Gasteiger partial charge is 0.0639 e. The molecule has 2 nitrogen and oxygen atoms in total. The van der Waals surface area contributed by atoms with Gasteiger partial charge in [0.2, 0.25) is 0 Å². The van der Waals surface area contributed by atoms with Crippen LogP contribution in [-0.4, -0.2) is 14.9 Å². The van der Waals surface area contributed by atoms with Gasteiger partial charge in [-0.1, -0.05) is 40.2 Å². The lowest BCUT2D eigenvalue weighted by atomic mass is 10.2. The van der Waals surface area contributed by atoms with Crippen LogP contribution >= 0.6 is 38.3 Å². The van der Waals surface area contributed by atoms with Gasteiger partial charge in [0.25, 0.3) is 0 Å². The SMILES string of the molecule is OS1(O)CC(Sc2ccccc2)c2ccc(Br)cc21. The molecule has 0 bridgehead atoms. The molecule has 1 unspecified atom stereocenters. The first-order chi connectivity index (χ1) is 9.06. The van der Waals surface area contributed by atoms with Crippen LogP contribution in [0.1, 0.15) is 10.8 Å². The van der Waals surface area contributed by atoms with Gasteiger partial charge in [0.1, 0.15) is 0 Å². The number of halogens is 1.